The van der Waals surface area contributed by atoms with Crippen LogP contribution < -0.4 is 16.0 Å². The maximum atomic E-state index is 12.0. The fourth-order valence-electron chi connectivity index (χ4n) is 3.17. The van der Waals surface area contributed by atoms with Gasteiger partial charge in [-0.05, 0) is 37.5 Å². The van der Waals surface area contributed by atoms with Crippen LogP contribution in [0.25, 0.3) is 0 Å². The quantitative estimate of drug-likeness (QED) is 0.533. The lowest BCUT2D eigenvalue weighted by Crippen LogP contribution is -2.36. The second-order valence-electron chi connectivity index (χ2n) is 6.38. The fraction of sp³-hybridized carbons (Fsp3) is 0.529. The summed E-state index contributed by atoms with van der Waals surface area (Å²) in [6.45, 7) is 1.93. The summed E-state index contributed by atoms with van der Waals surface area (Å²) in [6.07, 6.45) is 3.36. The Labute approximate surface area is 151 Å². The Bertz CT molecular complexity index is 640. The predicted molar refractivity (Wildman–Crippen MR) is 98.8 cm³/mol. The van der Waals surface area contributed by atoms with E-state index in [1.165, 1.54) is 0 Å². The van der Waals surface area contributed by atoms with Gasteiger partial charge in [-0.3, -0.25) is 4.79 Å². The van der Waals surface area contributed by atoms with Crippen LogP contribution in [-0.4, -0.2) is 35.0 Å². The van der Waals surface area contributed by atoms with Crippen molar-refractivity contribution in [2.45, 2.75) is 49.9 Å². The molecule has 130 valence electrons. The Morgan fingerprint density at radius 3 is 3.00 bits per heavy atom. The van der Waals surface area contributed by atoms with Gasteiger partial charge in [-0.15, -0.1) is 0 Å². The van der Waals surface area contributed by atoms with E-state index in [4.69, 9.17) is 11.6 Å². The molecule has 24 heavy (non-hydrogen) atoms. The largest absolute Gasteiger partial charge is 0.332 e. The standard InChI is InChI=1S/C17H22ClN3O2S/c1-10-6-7-11(8-12(10)18)19-15(22)5-3-2-4-14-16-13(9-24-14)20-17(23)21-16/h6-8,13-14,16H,2-5,9H2,1H3,(H,19,22)(H2,20,21,23)/t13-,14-,16-/m0/s1. The summed E-state index contributed by atoms with van der Waals surface area (Å²) in [5.74, 6) is 0.991. The predicted octanol–water partition coefficient (Wildman–Crippen LogP) is 3.31. The van der Waals surface area contributed by atoms with Crippen LogP contribution in [0.1, 0.15) is 31.2 Å². The highest BCUT2D eigenvalue weighted by Crippen LogP contribution is 2.33. The lowest BCUT2D eigenvalue weighted by Gasteiger charge is -2.16. The molecule has 3 amide bonds. The molecule has 0 spiro atoms. The van der Waals surface area contributed by atoms with E-state index in [0.717, 1.165) is 36.3 Å². The topological polar surface area (TPSA) is 70.2 Å². The number of fused-ring (bicyclic) bond motifs is 1. The fourth-order valence-corrected chi connectivity index (χ4v) is 4.89. The zero-order valence-electron chi connectivity index (χ0n) is 13.6. The molecule has 2 heterocycles. The molecule has 0 radical (unpaired) electrons. The summed E-state index contributed by atoms with van der Waals surface area (Å²) < 4.78 is 0. The van der Waals surface area contributed by atoms with E-state index >= 15 is 0 Å². The van der Waals surface area contributed by atoms with Gasteiger partial charge < -0.3 is 16.0 Å². The number of carbonyl (C=O) groups excluding carboxylic acids is 2. The minimum Gasteiger partial charge on any atom is -0.332 e. The summed E-state index contributed by atoms with van der Waals surface area (Å²) in [4.78, 5) is 23.4. The SMILES string of the molecule is Cc1ccc(NC(=O)CCCC[C@@H]2SC[C@@H]3NC(=O)N[C@@H]32)cc1Cl. The molecular formula is C17H22ClN3O2S. The Morgan fingerprint density at radius 2 is 2.21 bits per heavy atom. The third kappa shape index (κ3) is 4.16. The number of thioether (sulfide) groups is 1. The average molecular weight is 368 g/mol. The molecule has 0 bridgehead atoms. The molecule has 1 aromatic carbocycles. The first-order valence-electron chi connectivity index (χ1n) is 8.27. The number of hydrogen-bond acceptors (Lipinski definition) is 3. The minimum atomic E-state index is -0.0496. The molecule has 3 rings (SSSR count). The van der Waals surface area contributed by atoms with E-state index in [1.54, 1.807) is 6.07 Å². The second kappa shape index (κ2) is 7.66. The maximum Gasteiger partial charge on any atom is 0.315 e. The van der Waals surface area contributed by atoms with Gasteiger partial charge in [-0.2, -0.15) is 11.8 Å². The second-order valence-corrected chi connectivity index (χ2v) is 8.06. The van der Waals surface area contributed by atoms with Crippen LogP contribution in [0, 0.1) is 6.92 Å². The van der Waals surface area contributed by atoms with Crippen LogP contribution in [0.3, 0.4) is 0 Å². The molecule has 1 aromatic rings. The van der Waals surface area contributed by atoms with Gasteiger partial charge in [0.05, 0.1) is 12.1 Å². The molecule has 5 nitrogen and oxygen atoms in total. The normalized spacial score (nSPS) is 25.1. The highest BCUT2D eigenvalue weighted by Gasteiger charge is 2.42. The van der Waals surface area contributed by atoms with Crippen LogP contribution in [0.5, 0.6) is 0 Å². The van der Waals surface area contributed by atoms with Crippen molar-refractivity contribution < 1.29 is 9.59 Å². The number of carbonyl (C=O) groups is 2. The number of halogens is 1. The molecule has 0 unspecified atom stereocenters. The van der Waals surface area contributed by atoms with Gasteiger partial charge in [0.15, 0.2) is 0 Å². The number of amides is 3. The first-order valence-corrected chi connectivity index (χ1v) is 9.70. The molecule has 0 aromatic heterocycles. The van der Waals surface area contributed by atoms with Crippen molar-refractivity contribution in [3.63, 3.8) is 0 Å². The van der Waals surface area contributed by atoms with E-state index in [1.807, 2.05) is 30.8 Å². The molecule has 0 aliphatic carbocycles. The van der Waals surface area contributed by atoms with Gasteiger partial charge >= 0.3 is 6.03 Å². The number of nitrogens with one attached hydrogen (secondary N) is 3. The molecular weight excluding hydrogens is 346 g/mol. The summed E-state index contributed by atoms with van der Waals surface area (Å²) in [7, 11) is 0. The first-order chi connectivity index (χ1) is 11.5. The number of unbranched alkanes of at least 4 members (excludes halogenated alkanes) is 1. The van der Waals surface area contributed by atoms with Crippen LogP contribution in [0.4, 0.5) is 10.5 Å². The van der Waals surface area contributed by atoms with Crippen molar-refractivity contribution in [3.05, 3.63) is 28.8 Å². The number of urea groups is 1. The van der Waals surface area contributed by atoms with Crippen molar-refractivity contribution in [3.8, 4) is 0 Å². The molecule has 0 saturated carbocycles. The van der Waals surface area contributed by atoms with E-state index < -0.39 is 0 Å². The molecule has 3 atom stereocenters. The number of anilines is 1. The monoisotopic (exact) mass is 367 g/mol. The van der Waals surface area contributed by atoms with Gasteiger partial charge in [0, 0.05) is 28.1 Å². The zero-order valence-corrected chi connectivity index (χ0v) is 15.2. The van der Waals surface area contributed by atoms with E-state index in [2.05, 4.69) is 16.0 Å². The summed E-state index contributed by atoms with van der Waals surface area (Å²) in [5.41, 5.74) is 1.74. The van der Waals surface area contributed by atoms with Gasteiger partial charge in [-0.25, -0.2) is 4.79 Å². The maximum absolute atomic E-state index is 12.0. The van der Waals surface area contributed by atoms with Gasteiger partial charge in [0.2, 0.25) is 5.91 Å². The Morgan fingerprint density at radius 1 is 1.38 bits per heavy atom. The van der Waals surface area contributed by atoms with E-state index in [0.29, 0.717) is 16.7 Å². The van der Waals surface area contributed by atoms with Crippen LogP contribution in [0.2, 0.25) is 5.02 Å². The highest BCUT2D eigenvalue weighted by atomic mass is 35.5. The molecule has 2 aliphatic rings. The summed E-state index contributed by atoms with van der Waals surface area (Å²) in [6, 6.07) is 6.00. The third-order valence-corrected chi connectivity index (χ3v) is 6.45. The van der Waals surface area contributed by atoms with Crippen LogP contribution in [0.15, 0.2) is 18.2 Å². The smallest absolute Gasteiger partial charge is 0.315 e. The number of benzene rings is 1. The lowest BCUT2D eigenvalue weighted by molar-refractivity contribution is -0.116. The third-order valence-electron chi connectivity index (χ3n) is 4.54. The molecule has 3 N–H and O–H groups in total. The Kier molecular flexibility index (Phi) is 5.56. The highest BCUT2D eigenvalue weighted by molar-refractivity contribution is 8.00. The minimum absolute atomic E-state index is 0.0164. The molecule has 7 heteroatoms. The van der Waals surface area contributed by atoms with E-state index in [-0.39, 0.29) is 24.0 Å². The summed E-state index contributed by atoms with van der Waals surface area (Å²) in [5, 5.41) is 9.94. The van der Waals surface area contributed by atoms with Crippen LogP contribution in [-0.2, 0) is 4.79 Å². The Balaban J connectivity index is 1.36. The number of hydrogen-bond donors (Lipinski definition) is 3. The van der Waals surface area contributed by atoms with Gasteiger partial charge in [-0.1, -0.05) is 24.1 Å². The Hall–Kier alpha value is -1.40. The van der Waals surface area contributed by atoms with Crippen LogP contribution >= 0.6 is 23.4 Å². The molecule has 2 aliphatic heterocycles. The summed E-state index contributed by atoms with van der Waals surface area (Å²) >= 11 is 7.97. The molecule has 2 fully saturated rings. The van der Waals surface area contributed by atoms with Crippen molar-refractivity contribution in [2.75, 3.05) is 11.1 Å². The zero-order chi connectivity index (χ0) is 17.1. The first kappa shape index (κ1) is 17.4. The molecule has 2 saturated heterocycles. The van der Waals surface area contributed by atoms with Crippen molar-refractivity contribution in [2.24, 2.45) is 0 Å². The van der Waals surface area contributed by atoms with Crippen molar-refractivity contribution in [1.82, 2.24) is 10.6 Å². The van der Waals surface area contributed by atoms with Gasteiger partial charge in [0.1, 0.15) is 0 Å². The average Bonchev–Trinajstić information content (AvgIpc) is 3.07. The van der Waals surface area contributed by atoms with Gasteiger partial charge in [0.25, 0.3) is 0 Å². The lowest BCUT2D eigenvalue weighted by atomic mass is 10.0. The number of rotatable bonds is 6. The number of aryl methyl sites for hydroxylation is 1. The van der Waals surface area contributed by atoms with Crippen molar-refractivity contribution >= 4 is 41.0 Å². The van der Waals surface area contributed by atoms with Crippen molar-refractivity contribution in [1.29, 1.82) is 0 Å². The van der Waals surface area contributed by atoms with E-state index in [9.17, 15) is 9.59 Å².